The van der Waals surface area contributed by atoms with Gasteiger partial charge in [0.25, 0.3) is 0 Å². The van der Waals surface area contributed by atoms with Gasteiger partial charge in [0.2, 0.25) is 0 Å². The highest BCUT2D eigenvalue weighted by atomic mass is 32.1. The number of rotatable bonds is 4. The largest absolute Gasteiger partial charge is 0.416 e. The van der Waals surface area contributed by atoms with Gasteiger partial charge < -0.3 is 11.1 Å². The Kier molecular flexibility index (Phi) is 4.46. The number of nitrogens with one attached hydrogen (secondary N) is 1. The zero-order chi connectivity index (χ0) is 15.6. The van der Waals surface area contributed by atoms with Crippen LogP contribution in [-0.2, 0) is 12.6 Å². The summed E-state index contributed by atoms with van der Waals surface area (Å²) >= 11 is 1.72. The second kappa shape index (κ2) is 5.97. The van der Waals surface area contributed by atoms with Crippen molar-refractivity contribution in [3.8, 4) is 0 Å². The van der Waals surface area contributed by atoms with E-state index in [4.69, 9.17) is 5.73 Å². The minimum Gasteiger partial charge on any atom is -0.397 e. The van der Waals surface area contributed by atoms with Crippen LogP contribution in [0, 0.1) is 6.92 Å². The summed E-state index contributed by atoms with van der Waals surface area (Å²) in [7, 11) is 0. The highest BCUT2D eigenvalue weighted by molar-refractivity contribution is 7.11. The fourth-order valence-electron chi connectivity index (χ4n) is 2.08. The lowest BCUT2D eigenvalue weighted by molar-refractivity contribution is -0.137. The molecule has 21 heavy (non-hydrogen) atoms. The summed E-state index contributed by atoms with van der Waals surface area (Å²) in [5.74, 6) is 0. The Bertz CT molecular complexity index is 620. The molecule has 0 aliphatic rings. The molecule has 1 atom stereocenters. The number of nitrogens with two attached hydrogens (primary N) is 1. The summed E-state index contributed by atoms with van der Waals surface area (Å²) in [6, 6.07) is 7.59. The van der Waals surface area contributed by atoms with Crippen LogP contribution in [0.2, 0.25) is 0 Å². The SMILES string of the molecule is Cc1ccc(CC(C)Nc2ccc(C(F)(F)F)cc2N)s1. The lowest BCUT2D eigenvalue weighted by atomic mass is 10.1. The molecule has 2 aromatic rings. The summed E-state index contributed by atoms with van der Waals surface area (Å²) < 4.78 is 37.7. The number of nitrogen functional groups attached to an aromatic ring is 1. The topological polar surface area (TPSA) is 38.0 Å². The van der Waals surface area contributed by atoms with Crippen LogP contribution in [0.5, 0.6) is 0 Å². The molecule has 0 fully saturated rings. The van der Waals surface area contributed by atoms with Crippen molar-refractivity contribution in [1.29, 1.82) is 0 Å². The molecule has 1 heterocycles. The van der Waals surface area contributed by atoms with Crippen molar-refractivity contribution in [2.45, 2.75) is 32.5 Å². The van der Waals surface area contributed by atoms with Gasteiger partial charge in [0, 0.05) is 22.2 Å². The van der Waals surface area contributed by atoms with E-state index in [0.29, 0.717) is 5.69 Å². The Morgan fingerprint density at radius 3 is 2.48 bits per heavy atom. The molecule has 0 spiro atoms. The summed E-state index contributed by atoms with van der Waals surface area (Å²) in [6.07, 6.45) is -3.56. The maximum atomic E-state index is 12.6. The van der Waals surface area contributed by atoms with Crippen LogP contribution in [0.4, 0.5) is 24.5 Å². The van der Waals surface area contributed by atoms with E-state index in [-0.39, 0.29) is 11.7 Å². The van der Waals surface area contributed by atoms with E-state index in [1.165, 1.54) is 15.8 Å². The molecule has 2 nitrogen and oxygen atoms in total. The van der Waals surface area contributed by atoms with Crippen molar-refractivity contribution in [3.63, 3.8) is 0 Å². The van der Waals surface area contributed by atoms with Gasteiger partial charge in [-0.25, -0.2) is 0 Å². The molecule has 1 unspecified atom stereocenters. The molecule has 0 radical (unpaired) electrons. The summed E-state index contributed by atoms with van der Waals surface area (Å²) in [6.45, 7) is 4.02. The van der Waals surface area contributed by atoms with E-state index in [1.807, 2.05) is 13.8 Å². The molecular formula is C15H17F3N2S. The van der Waals surface area contributed by atoms with Crippen molar-refractivity contribution >= 4 is 22.7 Å². The average molecular weight is 314 g/mol. The third-order valence-corrected chi connectivity index (χ3v) is 4.11. The Balaban J connectivity index is 2.05. The highest BCUT2D eigenvalue weighted by Gasteiger charge is 2.30. The van der Waals surface area contributed by atoms with Crippen LogP contribution in [0.25, 0.3) is 0 Å². The van der Waals surface area contributed by atoms with E-state index in [0.717, 1.165) is 18.6 Å². The number of aryl methyl sites for hydroxylation is 1. The van der Waals surface area contributed by atoms with Crippen molar-refractivity contribution in [2.75, 3.05) is 11.1 Å². The first-order chi connectivity index (χ1) is 9.75. The number of anilines is 2. The first kappa shape index (κ1) is 15.7. The van der Waals surface area contributed by atoms with E-state index < -0.39 is 11.7 Å². The lowest BCUT2D eigenvalue weighted by Gasteiger charge is -2.17. The molecule has 6 heteroatoms. The van der Waals surface area contributed by atoms with Crippen LogP contribution in [0.3, 0.4) is 0 Å². The molecule has 0 aliphatic heterocycles. The maximum Gasteiger partial charge on any atom is 0.416 e. The standard InChI is InChI=1S/C15H17F3N2S/c1-9(7-12-5-3-10(2)21-12)20-14-6-4-11(8-13(14)19)15(16,17)18/h3-6,8-9,20H,7,19H2,1-2H3. The van der Waals surface area contributed by atoms with Crippen LogP contribution in [0.1, 0.15) is 22.2 Å². The Labute approximate surface area is 125 Å². The number of hydrogen-bond donors (Lipinski definition) is 2. The van der Waals surface area contributed by atoms with Gasteiger partial charge in [0.1, 0.15) is 0 Å². The molecule has 0 amide bonds. The van der Waals surface area contributed by atoms with Crippen molar-refractivity contribution < 1.29 is 13.2 Å². The molecule has 0 aliphatic carbocycles. The quantitative estimate of drug-likeness (QED) is 0.803. The van der Waals surface area contributed by atoms with Crippen LogP contribution < -0.4 is 11.1 Å². The second-order valence-electron chi connectivity index (χ2n) is 5.06. The maximum absolute atomic E-state index is 12.6. The fourth-order valence-corrected chi connectivity index (χ4v) is 3.10. The third kappa shape index (κ3) is 4.14. The van der Waals surface area contributed by atoms with Crippen molar-refractivity contribution in [2.24, 2.45) is 0 Å². The van der Waals surface area contributed by atoms with Crippen LogP contribution in [0.15, 0.2) is 30.3 Å². The molecule has 0 bridgehead atoms. The van der Waals surface area contributed by atoms with E-state index in [2.05, 4.69) is 17.4 Å². The first-order valence-corrected chi connectivity index (χ1v) is 7.36. The predicted molar refractivity (Wildman–Crippen MR) is 81.7 cm³/mol. The van der Waals surface area contributed by atoms with Crippen molar-refractivity contribution in [3.05, 3.63) is 45.6 Å². The number of alkyl halides is 3. The normalized spacial score (nSPS) is 13.2. The third-order valence-electron chi connectivity index (χ3n) is 3.08. The average Bonchev–Trinajstić information content (AvgIpc) is 2.76. The zero-order valence-corrected chi connectivity index (χ0v) is 12.6. The fraction of sp³-hybridized carbons (Fsp3) is 0.333. The van der Waals surface area contributed by atoms with Gasteiger partial charge in [-0.3, -0.25) is 0 Å². The monoisotopic (exact) mass is 314 g/mol. The van der Waals surface area contributed by atoms with Crippen LogP contribution >= 0.6 is 11.3 Å². The molecule has 1 aromatic carbocycles. The van der Waals surface area contributed by atoms with Crippen LogP contribution in [-0.4, -0.2) is 6.04 Å². The second-order valence-corrected chi connectivity index (χ2v) is 6.43. The van der Waals surface area contributed by atoms with Gasteiger partial charge in [-0.05, 0) is 44.2 Å². The Morgan fingerprint density at radius 1 is 1.24 bits per heavy atom. The molecule has 114 valence electrons. The number of halogens is 3. The van der Waals surface area contributed by atoms with Crippen molar-refractivity contribution in [1.82, 2.24) is 0 Å². The number of hydrogen-bond acceptors (Lipinski definition) is 3. The highest BCUT2D eigenvalue weighted by Crippen LogP contribution is 2.33. The first-order valence-electron chi connectivity index (χ1n) is 6.54. The predicted octanol–water partition coefficient (Wildman–Crippen LogP) is 4.70. The summed E-state index contributed by atoms with van der Waals surface area (Å²) in [4.78, 5) is 2.48. The zero-order valence-electron chi connectivity index (χ0n) is 11.8. The molecule has 0 saturated heterocycles. The summed E-state index contributed by atoms with van der Waals surface area (Å²) in [5, 5.41) is 3.16. The minimum absolute atomic E-state index is 0.0853. The van der Waals surface area contributed by atoms with Gasteiger partial charge in [0.05, 0.1) is 16.9 Å². The number of benzene rings is 1. The number of thiophene rings is 1. The van der Waals surface area contributed by atoms with E-state index in [9.17, 15) is 13.2 Å². The smallest absolute Gasteiger partial charge is 0.397 e. The van der Waals surface area contributed by atoms with E-state index >= 15 is 0 Å². The van der Waals surface area contributed by atoms with Gasteiger partial charge in [0.15, 0.2) is 0 Å². The minimum atomic E-state index is -4.37. The Hall–Kier alpha value is -1.69. The van der Waals surface area contributed by atoms with E-state index in [1.54, 1.807) is 11.3 Å². The molecule has 1 aromatic heterocycles. The van der Waals surface area contributed by atoms with Gasteiger partial charge >= 0.3 is 6.18 Å². The van der Waals surface area contributed by atoms with Gasteiger partial charge in [-0.2, -0.15) is 13.2 Å². The Morgan fingerprint density at radius 2 is 1.95 bits per heavy atom. The lowest BCUT2D eigenvalue weighted by Crippen LogP contribution is -2.18. The molecular weight excluding hydrogens is 297 g/mol. The molecule has 0 saturated carbocycles. The van der Waals surface area contributed by atoms with Gasteiger partial charge in [-0.1, -0.05) is 0 Å². The van der Waals surface area contributed by atoms with Gasteiger partial charge in [-0.15, -0.1) is 11.3 Å². The molecule has 2 rings (SSSR count). The molecule has 3 N–H and O–H groups in total. The summed E-state index contributed by atoms with van der Waals surface area (Å²) in [5.41, 5.74) is 5.62.